The fourth-order valence-corrected chi connectivity index (χ4v) is 2.10. The van der Waals surface area contributed by atoms with Crippen LogP contribution >= 0.6 is 0 Å². The van der Waals surface area contributed by atoms with Crippen LogP contribution in [0.4, 0.5) is 4.39 Å². The average Bonchev–Trinajstić information content (AvgIpc) is 2.17. The molecule has 2 heteroatoms. The number of nitriles is 1. The van der Waals surface area contributed by atoms with E-state index in [0.29, 0.717) is 12.3 Å². The lowest BCUT2D eigenvalue weighted by atomic mass is 9.82. The van der Waals surface area contributed by atoms with E-state index in [9.17, 15) is 4.39 Å². The molecule has 1 nitrogen and oxygen atoms in total. The zero-order valence-electron chi connectivity index (χ0n) is 7.96. The smallest absolute Gasteiger partial charge is 0.123 e. The molecule has 1 aromatic rings. The molecular weight excluding hydrogens is 177 g/mol. The Labute approximate surface area is 83.2 Å². The largest absolute Gasteiger partial charge is 0.207 e. The molecule has 1 aliphatic rings. The van der Waals surface area contributed by atoms with Gasteiger partial charge in [-0.05, 0) is 48.4 Å². The summed E-state index contributed by atoms with van der Waals surface area (Å²) in [5, 5.41) is 8.60. The molecule has 14 heavy (non-hydrogen) atoms. The Kier molecular flexibility index (Phi) is 2.49. The Balaban J connectivity index is 2.21. The Morgan fingerprint density at radius 2 is 2.29 bits per heavy atom. The van der Waals surface area contributed by atoms with Crippen molar-refractivity contribution >= 4 is 0 Å². The second-order valence-corrected chi connectivity index (χ2v) is 3.88. The lowest BCUT2D eigenvalue weighted by Crippen LogP contribution is -2.13. The number of hydrogen-bond acceptors (Lipinski definition) is 1. The summed E-state index contributed by atoms with van der Waals surface area (Å²) >= 11 is 0. The van der Waals surface area contributed by atoms with Gasteiger partial charge in [0.1, 0.15) is 5.82 Å². The van der Waals surface area contributed by atoms with Gasteiger partial charge in [-0.15, -0.1) is 0 Å². The molecular formula is C12H12FN. The molecule has 0 N–H and O–H groups in total. The van der Waals surface area contributed by atoms with Gasteiger partial charge >= 0.3 is 0 Å². The van der Waals surface area contributed by atoms with Crippen molar-refractivity contribution in [2.24, 2.45) is 5.92 Å². The summed E-state index contributed by atoms with van der Waals surface area (Å²) in [5.41, 5.74) is 2.34. The molecule has 2 rings (SSSR count). The van der Waals surface area contributed by atoms with Crippen molar-refractivity contribution in [3.05, 3.63) is 35.1 Å². The van der Waals surface area contributed by atoms with Crippen molar-refractivity contribution < 1.29 is 4.39 Å². The number of halogens is 1. The van der Waals surface area contributed by atoms with E-state index < -0.39 is 0 Å². The Hall–Kier alpha value is -1.36. The monoisotopic (exact) mass is 189 g/mol. The third kappa shape index (κ3) is 1.77. The van der Waals surface area contributed by atoms with E-state index in [1.54, 1.807) is 6.07 Å². The van der Waals surface area contributed by atoms with Gasteiger partial charge in [0.2, 0.25) is 0 Å². The minimum atomic E-state index is -0.165. The highest BCUT2D eigenvalue weighted by molar-refractivity contribution is 5.30. The van der Waals surface area contributed by atoms with Crippen molar-refractivity contribution in [1.29, 1.82) is 5.26 Å². The van der Waals surface area contributed by atoms with Gasteiger partial charge in [0.15, 0.2) is 0 Å². The van der Waals surface area contributed by atoms with Crippen LogP contribution in [0.25, 0.3) is 0 Å². The third-order valence-electron chi connectivity index (χ3n) is 2.88. The number of hydrogen-bond donors (Lipinski definition) is 0. The molecule has 0 heterocycles. The van der Waals surface area contributed by atoms with Gasteiger partial charge in [0.25, 0.3) is 0 Å². The zero-order valence-corrected chi connectivity index (χ0v) is 7.96. The maximum absolute atomic E-state index is 12.9. The molecule has 0 bridgehead atoms. The summed E-state index contributed by atoms with van der Waals surface area (Å²) in [6, 6.07) is 7.18. The highest BCUT2D eigenvalue weighted by Crippen LogP contribution is 2.27. The number of aryl methyl sites for hydroxylation is 1. The molecule has 0 aliphatic heterocycles. The van der Waals surface area contributed by atoms with Crippen molar-refractivity contribution in [3.63, 3.8) is 0 Å². The summed E-state index contributed by atoms with van der Waals surface area (Å²) in [4.78, 5) is 0. The van der Waals surface area contributed by atoms with Crippen LogP contribution in [-0.4, -0.2) is 0 Å². The van der Waals surface area contributed by atoms with Crippen LogP contribution in [-0.2, 0) is 12.8 Å². The number of benzene rings is 1. The fraction of sp³-hybridized carbons (Fsp3) is 0.417. The lowest BCUT2D eigenvalue weighted by molar-refractivity contribution is 0.465. The lowest BCUT2D eigenvalue weighted by Gasteiger charge is -2.22. The molecule has 0 saturated heterocycles. The van der Waals surface area contributed by atoms with Gasteiger partial charge in [-0.2, -0.15) is 5.26 Å². The zero-order chi connectivity index (χ0) is 9.97. The summed E-state index contributed by atoms with van der Waals surface area (Å²) in [6.07, 6.45) is 3.50. The molecule has 1 aromatic carbocycles. The van der Waals surface area contributed by atoms with Crippen molar-refractivity contribution in [1.82, 2.24) is 0 Å². The molecule has 0 aromatic heterocycles. The molecule has 0 spiro atoms. The summed E-state index contributed by atoms with van der Waals surface area (Å²) in [7, 11) is 0. The Morgan fingerprint density at radius 3 is 3.07 bits per heavy atom. The number of nitrogens with zero attached hydrogens (tertiary/aromatic N) is 1. The first-order chi connectivity index (χ1) is 6.79. The Bertz CT molecular complexity index is 378. The van der Waals surface area contributed by atoms with Gasteiger partial charge in [0, 0.05) is 6.42 Å². The molecule has 72 valence electrons. The van der Waals surface area contributed by atoms with Crippen LogP contribution in [0.15, 0.2) is 18.2 Å². The second-order valence-electron chi connectivity index (χ2n) is 3.88. The van der Waals surface area contributed by atoms with E-state index >= 15 is 0 Å². The standard InChI is InChI=1S/C12H12FN/c13-12-4-3-10-2-1-9(5-6-14)7-11(10)8-12/h3-4,8-9H,1-2,5,7H2. The maximum Gasteiger partial charge on any atom is 0.123 e. The van der Waals surface area contributed by atoms with Gasteiger partial charge in [-0.3, -0.25) is 0 Å². The van der Waals surface area contributed by atoms with Crippen LogP contribution in [0.2, 0.25) is 0 Å². The van der Waals surface area contributed by atoms with E-state index in [1.165, 1.54) is 11.6 Å². The SMILES string of the molecule is N#CCC1CCc2ccc(F)cc2C1. The molecule has 0 amide bonds. The van der Waals surface area contributed by atoms with E-state index in [-0.39, 0.29) is 5.82 Å². The van der Waals surface area contributed by atoms with Crippen molar-refractivity contribution in [2.75, 3.05) is 0 Å². The minimum Gasteiger partial charge on any atom is -0.207 e. The predicted molar refractivity (Wildman–Crippen MR) is 52.1 cm³/mol. The molecule has 0 radical (unpaired) electrons. The molecule has 0 fully saturated rings. The molecule has 1 aliphatic carbocycles. The van der Waals surface area contributed by atoms with Crippen molar-refractivity contribution in [2.45, 2.75) is 25.7 Å². The van der Waals surface area contributed by atoms with Crippen molar-refractivity contribution in [3.8, 4) is 6.07 Å². The molecule has 1 atom stereocenters. The quantitative estimate of drug-likeness (QED) is 0.666. The molecule has 0 saturated carbocycles. The minimum absolute atomic E-state index is 0.165. The Morgan fingerprint density at radius 1 is 1.43 bits per heavy atom. The number of rotatable bonds is 1. The topological polar surface area (TPSA) is 23.8 Å². The molecule has 1 unspecified atom stereocenters. The van der Waals surface area contributed by atoms with E-state index in [1.807, 2.05) is 6.07 Å². The first kappa shape index (κ1) is 9.21. The summed E-state index contributed by atoms with van der Waals surface area (Å²) in [5.74, 6) is 0.260. The first-order valence-corrected chi connectivity index (χ1v) is 4.94. The average molecular weight is 189 g/mol. The summed E-state index contributed by atoms with van der Waals surface area (Å²) in [6.45, 7) is 0. The van der Waals surface area contributed by atoms with E-state index in [4.69, 9.17) is 5.26 Å². The first-order valence-electron chi connectivity index (χ1n) is 4.94. The van der Waals surface area contributed by atoms with Gasteiger partial charge < -0.3 is 0 Å². The summed E-state index contributed by atoms with van der Waals surface area (Å²) < 4.78 is 12.9. The van der Waals surface area contributed by atoms with Gasteiger partial charge in [-0.1, -0.05) is 6.07 Å². The van der Waals surface area contributed by atoms with Crippen LogP contribution in [0, 0.1) is 23.1 Å². The maximum atomic E-state index is 12.9. The number of fused-ring (bicyclic) bond motifs is 1. The van der Waals surface area contributed by atoms with Crippen LogP contribution in [0.5, 0.6) is 0 Å². The van der Waals surface area contributed by atoms with E-state index in [0.717, 1.165) is 24.8 Å². The predicted octanol–water partition coefficient (Wildman–Crippen LogP) is 2.84. The van der Waals surface area contributed by atoms with Crippen LogP contribution in [0.1, 0.15) is 24.0 Å². The van der Waals surface area contributed by atoms with Gasteiger partial charge in [0.05, 0.1) is 6.07 Å². The van der Waals surface area contributed by atoms with Crippen LogP contribution in [0.3, 0.4) is 0 Å². The third-order valence-corrected chi connectivity index (χ3v) is 2.88. The van der Waals surface area contributed by atoms with Crippen LogP contribution < -0.4 is 0 Å². The van der Waals surface area contributed by atoms with E-state index in [2.05, 4.69) is 6.07 Å². The normalized spacial score (nSPS) is 19.9. The van der Waals surface area contributed by atoms with Gasteiger partial charge in [-0.25, -0.2) is 4.39 Å². The second kappa shape index (κ2) is 3.79. The highest BCUT2D eigenvalue weighted by atomic mass is 19.1. The highest BCUT2D eigenvalue weighted by Gasteiger charge is 2.18. The fourth-order valence-electron chi connectivity index (χ4n) is 2.10.